The van der Waals surface area contributed by atoms with Crippen LogP contribution >= 0.6 is 11.6 Å². The van der Waals surface area contributed by atoms with Crippen molar-refractivity contribution in [2.45, 2.75) is 31.7 Å². The number of fused-ring (bicyclic) bond motifs is 1. The van der Waals surface area contributed by atoms with Gasteiger partial charge < -0.3 is 5.32 Å². The van der Waals surface area contributed by atoms with Crippen LogP contribution < -0.4 is 5.32 Å². The first-order chi connectivity index (χ1) is 11.6. The fourth-order valence-electron chi connectivity index (χ4n) is 3.40. The van der Waals surface area contributed by atoms with Gasteiger partial charge in [0.2, 0.25) is 5.91 Å². The number of para-hydroxylation sites is 1. The molecule has 0 unspecified atom stereocenters. The molecule has 0 spiro atoms. The lowest BCUT2D eigenvalue weighted by Gasteiger charge is -2.33. The number of anilines is 1. The molecule has 3 nitrogen and oxygen atoms in total. The van der Waals surface area contributed by atoms with Crippen LogP contribution in [0.15, 0.2) is 48.5 Å². The van der Waals surface area contributed by atoms with Crippen molar-refractivity contribution >= 4 is 23.2 Å². The number of rotatable bonds is 5. The summed E-state index contributed by atoms with van der Waals surface area (Å²) >= 11 is 6.08. The second-order valence-corrected chi connectivity index (χ2v) is 6.77. The van der Waals surface area contributed by atoms with E-state index in [9.17, 15) is 4.79 Å². The van der Waals surface area contributed by atoms with Gasteiger partial charge in [0.05, 0.1) is 10.7 Å². The van der Waals surface area contributed by atoms with Crippen molar-refractivity contribution in [1.29, 1.82) is 0 Å². The summed E-state index contributed by atoms with van der Waals surface area (Å²) in [5.74, 6) is -0.000885. The lowest BCUT2D eigenvalue weighted by molar-refractivity contribution is -0.116. The fraction of sp³-hybridized carbons (Fsp3) is 0.350. The first kappa shape index (κ1) is 17.0. The molecule has 0 radical (unpaired) electrons. The maximum absolute atomic E-state index is 12.2. The Morgan fingerprint density at radius 1 is 1.21 bits per heavy atom. The van der Waals surface area contributed by atoms with Crippen molar-refractivity contribution in [2.75, 3.05) is 18.9 Å². The van der Waals surface area contributed by atoms with Crippen molar-refractivity contribution in [3.8, 4) is 0 Å². The molecule has 0 saturated heterocycles. The summed E-state index contributed by atoms with van der Waals surface area (Å²) in [6, 6.07) is 16.4. The summed E-state index contributed by atoms with van der Waals surface area (Å²) < 4.78 is 0. The Balaban J connectivity index is 1.57. The van der Waals surface area contributed by atoms with E-state index in [0.29, 0.717) is 23.2 Å². The Labute approximate surface area is 148 Å². The van der Waals surface area contributed by atoms with Gasteiger partial charge in [0.25, 0.3) is 0 Å². The number of halogens is 1. The third-order valence-electron chi connectivity index (χ3n) is 4.71. The molecule has 2 aromatic rings. The molecule has 0 bridgehead atoms. The van der Waals surface area contributed by atoms with Crippen molar-refractivity contribution in [3.05, 3.63) is 64.7 Å². The highest BCUT2D eigenvalue weighted by Gasteiger charge is 2.23. The van der Waals surface area contributed by atoms with Crippen LogP contribution in [0.1, 0.15) is 36.4 Å². The Bertz CT molecular complexity index is 716. The van der Waals surface area contributed by atoms with Crippen molar-refractivity contribution in [1.82, 2.24) is 4.90 Å². The molecule has 1 atom stereocenters. The highest BCUT2D eigenvalue weighted by Crippen LogP contribution is 2.33. The van der Waals surface area contributed by atoms with Crippen LogP contribution in [0.4, 0.5) is 5.69 Å². The van der Waals surface area contributed by atoms with E-state index in [4.69, 9.17) is 11.6 Å². The zero-order valence-electron chi connectivity index (χ0n) is 14.0. The third kappa shape index (κ3) is 3.97. The van der Waals surface area contributed by atoms with E-state index in [1.165, 1.54) is 17.5 Å². The fourth-order valence-corrected chi connectivity index (χ4v) is 3.58. The van der Waals surface area contributed by atoms with Gasteiger partial charge in [-0.15, -0.1) is 0 Å². The first-order valence-electron chi connectivity index (χ1n) is 8.47. The van der Waals surface area contributed by atoms with E-state index in [0.717, 1.165) is 19.4 Å². The highest BCUT2D eigenvalue weighted by molar-refractivity contribution is 6.33. The van der Waals surface area contributed by atoms with Crippen molar-refractivity contribution in [3.63, 3.8) is 0 Å². The van der Waals surface area contributed by atoms with E-state index < -0.39 is 0 Å². The van der Waals surface area contributed by atoms with E-state index in [-0.39, 0.29) is 5.91 Å². The molecule has 0 saturated carbocycles. The average Bonchev–Trinajstić information content (AvgIpc) is 2.61. The van der Waals surface area contributed by atoms with Crippen LogP contribution in [0.25, 0.3) is 0 Å². The number of aryl methyl sites for hydroxylation is 1. The predicted molar refractivity (Wildman–Crippen MR) is 99.4 cm³/mol. The standard InChI is InChI=1S/C20H23ClN2O/c1-23(19-12-6-8-15-7-2-3-9-16(15)19)14-13-20(24)22-18-11-5-4-10-17(18)21/h2-5,7,9-11,19H,6,8,12-14H2,1H3,(H,22,24)/t19-/m1/s1. The number of nitrogens with zero attached hydrogens (tertiary/aromatic N) is 1. The number of amides is 1. The van der Waals surface area contributed by atoms with Crippen LogP contribution in [0.5, 0.6) is 0 Å². The predicted octanol–water partition coefficient (Wildman–Crippen LogP) is 4.68. The SMILES string of the molecule is CN(CCC(=O)Nc1ccccc1Cl)[C@@H]1CCCc2ccccc21. The van der Waals surface area contributed by atoms with E-state index >= 15 is 0 Å². The van der Waals surface area contributed by atoms with E-state index in [1.54, 1.807) is 6.07 Å². The molecular formula is C20H23ClN2O. The Hall–Kier alpha value is -1.84. The summed E-state index contributed by atoms with van der Waals surface area (Å²) in [5.41, 5.74) is 3.54. The van der Waals surface area contributed by atoms with Crippen LogP contribution in [0.3, 0.4) is 0 Å². The van der Waals surface area contributed by atoms with Crippen molar-refractivity contribution < 1.29 is 4.79 Å². The molecule has 4 heteroatoms. The molecule has 24 heavy (non-hydrogen) atoms. The van der Waals surface area contributed by atoms with Gasteiger partial charge in [-0.25, -0.2) is 0 Å². The monoisotopic (exact) mass is 342 g/mol. The topological polar surface area (TPSA) is 32.3 Å². The van der Waals surface area contributed by atoms with Gasteiger partial charge in [0.15, 0.2) is 0 Å². The minimum atomic E-state index is -0.000885. The van der Waals surface area contributed by atoms with E-state index in [2.05, 4.69) is 41.5 Å². The zero-order valence-corrected chi connectivity index (χ0v) is 14.7. The van der Waals surface area contributed by atoms with Gasteiger partial charge in [-0.1, -0.05) is 48.0 Å². The maximum atomic E-state index is 12.2. The average molecular weight is 343 g/mol. The molecule has 126 valence electrons. The molecule has 0 aliphatic heterocycles. The number of carbonyl (C=O) groups excluding carboxylic acids is 1. The number of carbonyl (C=O) groups is 1. The smallest absolute Gasteiger partial charge is 0.225 e. The van der Waals surface area contributed by atoms with Crippen molar-refractivity contribution in [2.24, 2.45) is 0 Å². The number of nitrogens with one attached hydrogen (secondary N) is 1. The van der Waals surface area contributed by atoms with Gasteiger partial charge in [-0.3, -0.25) is 9.69 Å². The summed E-state index contributed by atoms with van der Waals surface area (Å²) in [6.07, 6.45) is 3.98. The lowest BCUT2D eigenvalue weighted by Crippen LogP contribution is -2.30. The van der Waals surface area contributed by atoms with Gasteiger partial charge in [-0.2, -0.15) is 0 Å². The Morgan fingerprint density at radius 2 is 1.96 bits per heavy atom. The Morgan fingerprint density at radius 3 is 2.79 bits per heavy atom. The summed E-state index contributed by atoms with van der Waals surface area (Å²) in [6.45, 7) is 0.731. The minimum Gasteiger partial charge on any atom is -0.325 e. The summed E-state index contributed by atoms with van der Waals surface area (Å²) in [4.78, 5) is 14.5. The molecule has 1 aliphatic carbocycles. The molecular weight excluding hydrogens is 320 g/mol. The molecule has 0 heterocycles. The molecule has 2 aromatic carbocycles. The molecule has 0 fully saturated rings. The molecule has 1 amide bonds. The highest BCUT2D eigenvalue weighted by atomic mass is 35.5. The zero-order chi connectivity index (χ0) is 16.9. The molecule has 3 rings (SSSR count). The third-order valence-corrected chi connectivity index (χ3v) is 5.04. The Kier molecular flexibility index (Phi) is 5.54. The van der Waals surface area contributed by atoms with Crippen LogP contribution in [0, 0.1) is 0 Å². The van der Waals surface area contributed by atoms with Gasteiger partial charge in [0, 0.05) is 19.0 Å². The largest absolute Gasteiger partial charge is 0.325 e. The summed E-state index contributed by atoms with van der Waals surface area (Å²) in [5, 5.41) is 3.46. The number of hydrogen-bond acceptors (Lipinski definition) is 2. The van der Waals surface area contributed by atoms with Gasteiger partial charge >= 0.3 is 0 Å². The van der Waals surface area contributed by atoms with Crippen LogP contribution in [-0.4, -0.2) is 24.4 Å². The number of benzene rings is 2. The molecule has 0 aromatic heterocycles. The lowest BCUT2D eigenvalue weighted by atomic mass is 9.87. The van der Waals surface area contributed by atoms with Crippen LogP contribution in [0.2, 0.25) is 5.02 Å². The van der Waals surface area contributed by atoms with Gasteiger partial charge in [0.1, 0.15) is 0 Å². The maximum Gasteiger partial charge on any atom is 0.225 e. The normalized spacial score (nSPS) is 16.7. The van der Waals surface area contributed by atoms with Gasteiger partial charge in [-0.05, 0) is 49.6 Å². The quantitative estimate of drug-likeness (QED) is 0.855. The second-order valence-electron chi connectivity index (χ2n) is 6.37. The van der Waals surface area contributed by atoms with E-state index in [1.807, 2.05) is 18.2 Å². The molecule has 1 aliphatic rings. The minimum absolute atomic E-state index is 0.000885. The summed E-state index contributed by atoms with van der Waals surface area (Å²) in [7, 11) is 2.11. The number of hydrogen-bond donors (Lipinski definition) is 1. The first-order valence-corrected chi connectivity index (χ1v) is 8.85. The second kappa shape index (κ2) is 7.82. The molecule has 1 N–H and O–H groups in total. The van der Waals surface area contributed by atoms with Crippen LogP contribution in [-0.2, 0) is 11.2 Å².